The molecule has 0 heteroatoms. The fourth-order valence-electron chi connectivity index (χ4n) is 6.53. The van der Waals surface area contributed by atoms with Gasteiger partial charge in [-0.15, -0.1) is 0 Å². The Kier molecular flexibility index (Phi) is 6.17. The number of hydrogen-bond donors (Lipinski definition) is 0. The third kappa shape index (κ3) is 3.83. The molecule has 192 valence electrons. The second kappa shape index (κ2) is 10.1. The molecule has 0 saturated heterocycles. The SMILES string of the molecule is C1=CC(c2c3ccccc3c(-c3cccc4c3ccc3cc5ccccc5cc34)c3ccccc23)=CCC1.CC. The van der Waals surface area contributed by atoms with Crippen molar-refractivity contribution in [2.75, 3.05) is 0 Å². The normalized spacial score (nSPS) is 13.1. The molecule has 0 unspecified atom stereocenters. The smallest absolute Gasteiger partial charge is 0.00201 e. The second-order valence-electron chi connectivity index (χ2n) is 10.4. The van der Waals surface area contributed by atoms with Gasteiger partial charge in [0.25, 0.3) is 0 Å². The fraction of sp³-hybridized carbons (Fsp3) is 0.100. The van der Waals surface area contributed by atoms with E-state index in [0.717, 1.165) is 12.8 Å². The summed E-state index contributed by atoms with van der Waals surface area (Å²) in [5, 5.41) is 13.0. The summed E-state index contributed by atoms with van der Waals surface area (Å²) in [5.41, 5.74) is 5.31. The summed E-state index contributed by atoms with van der Waals surface area (Å²) in [7, 11) is 0. The standard InChI is InChI=1S/C38H26.C2H6/c1-2-11-25(12-3-1)37-32-15-6-8-17-34(32)38(35-18-9-7-16-33(35)37)31-20-10-19-29-30(31)22-21-28-23-26-13-4-5-14-27(26)24-36(28)29;1-2/h2,4-24H,1,3H2;1-2H3. The first-order chi connectivity index (χ1) is 19.9. The molecule has 0 spiro atoms. The minimum Gasteiger partial charge on any atom is -0.0836 e. The van der Waals surface area contributed by atoms with Gasteiger partial charge in [-0.3, -0.25) is 0 Å². The van der Waals surface area contributed by atoms with Crippen molar-refractivity contribution >= 4 is 59.4 Å². The van der Waals surface area contributed by atoms with Gasteiger partial charge in [0, 0.05) is 0 Å². The minimum absolute atomic E-state index is 1.10. The molecular formula is C40H32. The van der Waals surface area contributed by atoms with Crippen molar-refractivity contribution in [1.82, 2.24) is 0 Å². The Morgan fingerprint density at radius 1 is 0.425 bits per heavy atom. The van der Waals surface area contributed by atoms with Crippen LogP contribution in [0, 0.1) is 0 Å². The van der Waals surface area contributed by atoms with Crippen molar-refractivity contribution in [1.29, 1.82) is 0 Å². The predicted octanol–water partition coefficient (Wildman–Crippen LogP) is 11.9. The maximum Gasteiger partial charge on any atom is -0.00201 e. The summed E-state index contributed by atoms with van der Waals surface area (Å²) in [5.74, 6) is 0. The lowest BCUT2D eigenvalue weighted by Gasteiger charge is -2.20. The van der Waals surface area contributed by atoms with E-state index in [1.807, 2.05) is 13.8 Å². The highest BCUT2D eigenvalue weighted by molar-refractivity contribution is 6.24. The van der Waals surface area contributed by atoms with Crippen LogP contribution in [0.15, 0.2) is 133 Å². The van der Waals surface area contributed by atoms with Crippen LogP contribution in [0.3, 0.4) is 0 Å². The summed E-state index contributed by atoms with van der Waals surface area (Å²) in [6, 6.07) is 42.7. The summed E-state index contributed by atoms with van der Waals surface area (Å²) in [6.45, 7) is 4.00. The summed E-state index contributed by atoms with van der Waals surface area (Å²) < 4.78 is 0. The molecular weight excluding hydrogens is 480 g/mol. The molecule has 0 aliphatic heterocycles. The largest absolute Gasteiger partial charge is 0.0836 e. The molecule has 1 aliphatic rings. The molecule has 0 bridgehead atoms. The minimum atomic E-state index is 1.10. The average Bonchev–Trinajstić information content (AvgIpc) is 3.03. The first kappa shape index (κ1) is 24.4. The molecule has 0 aromatic heterocycles. The van der Waals surface area contributed by atoms with Gasteiger partial charge < -0.3 is 0 Å². The lowest BCUT2D eigenvalue weighted by Crippen LogP contribution is -1.94. The highest BCUT2D eigenvalue weighted by Gasteiger charge is 2.18. The van der Waals surface area contributed by atoms with Crippen LogP contribution in [0.2, 0.25) is 0 Å². The number of benzene rings is 7. The van der Waals surface area contributed by atoms with E-state index in [-0.39, 0.29) is 0 Å². The van der Waals surface area contributed by atoms with Crippen LogP contribution in [-0.4, -0.2) is 0 Å². The number of fused-ring (bicyclic) bond motifs is 6. The molecule has 0 atom stereocenters. The topological polar surface area (TPSA) is 0 Å². The number of rotatable bonds is 2. The molecule has 8 rings (SSSR count). The Balaban J connectivity index is 0.00000130. The molecule has 0 fully saturated rings. The van der Waals surface area contributed by atoms with Crippen molar-refractivity contribution < 1.29 is 0 Å². The van der Waals surface area contributed by atoms with Gasteiger partial charge in [0.2, 0.25) is 0 Å². The van der Waals surface area contributed by atoms with Gasteiger partial charge in [0.15, 0.2) is 0 Å². The Morgan fingerprint density at radius 3 is 1.68 bits per heavy atom. The van der Waals surface area contributed by atoms with Gasteiger partial charge in [-0.05, 0) is 101 Å². The highest BCUT2D eigenvalue weighted by Crippen LogP contribution is 2.45. The molecule has 0 saturated carbocycles. The molecule has 7 aromatic rings. The fourth-order valence-corrected chi connectivity index (χ4v) is 6.53. The van der Waals surface area contributed by atoms with Gasteiger partial charge in [-0.1, -0.05) is 135 Å². The quantitative estimate of drug-likeness (QED) is 0.160. The van der Waals surface area contributed by atoms with E-state index in [0.29, 0.717) is 0 Å². The van der Waals surface area contributed by atoms with E-state index < -0.39 is 0 Å². The van der Waals surface area contributed by atoms with Crippen LogP contribution in [0.1, 0.15) is 32.3 Å². The maximum atomic E-state index is 2.41. The van der Waals surface area contributed by atoms with Crippen molar-refractivity contribution in [3.8, 4) is 11.1 Å². The van der Waals surface area contributed by atoms with Crippen LogP contribution in [0.25, 0.3) is 70.6 Å². The van der Waals surface area contributed by atoms with Crippen LogP contribution in [0.5, 0.6) is 0 Å². The van der Waals surface area contributed by atoms with Crippen molar-refractivity contribution in [2.45, 2.75) is 26.7 Å². The molecule has 40 heavy (non-hydrogen) atoms. The van der Waals surface area contributed by atoms with Crippen LogP contribution in [-0.2, 0) is 0 Å². The zero-order chi connectivity index (χ0) is 27.1. The van der Waals surface area contributed by atoms with Crippen molar-refractivity contribution in [3.63, 3.8) is 0 Å². The summed E-state index contributed by atoms with van der Waals surface area (Å²) in [4.78, 5) is 0. The third-order valence-electron chi connectivity index (χ3n) is 8.23. The summed E-state index contributed by atoms with van der Waals surface area (Å²) in [6.07, 6.45) is 9.25. The Morgan fingerprint density at radius 2 is 1.02 bits per heavy atom. The Labute approximate surface area is 235 Å². The Bertz CT molecular complexity index is 2060. The second-order valence-corrected chi connectivity index (χ2v) is 10.4. The molecule has 0 heterocycles. The van der Waals surface area contributed by atoms with E-state index in [4.69, 9.17) is 0 Å². The van der Waals surface area contributed by atoms with Crippen LogP contribution in [0.4, 0.5) is 0 Å². The highest BCUT2D eigenvalue weighted by atomic mass is 14.2. The van der Waals surface area contributed by atoms with E-state index in [2.05, 4.69) is 133 Å². The first-order valence-corrected chi connectivity index (χ1v) is 14.5. The monoisotopic (exact) mass is 512 g/mol. The van der Waals surface area contributed by atoms with Crippen LogP contribution < -0.4 is 0 Å². The number of hydrogen-bond acceptors (Lipinski definition) is 0. The van der Waals surface area contributed by atoms with E-state index in [9.17, 15) is 0 Å². The predicted molar refractivity (Wildman–Crippen MR) is 177 cm³/mol. The molecule has 0 amide bonds. The van der Waals surface area contributed by atoms with E-state index in [1.165, 1.54) is 76.1 Å². The van der Waals surface area contributed by atoms with Gasteiger partial charge in [-0.25, -0.2) is 0 Å². The molecule has 0 radical (unpaired) electrons. The molecule has 0 nitrogen and oxygen atoms in total. The zero-order valence-corrected chi connectivity index (χ0v) is 23.1. The van der Waals surface area contributed by atoms with Gasteiger partial charge in [0.1, 0.15) is 0 Å². The number of allylic oxidation sites excluding steroid dienone is 4. The molecule has 1 aliphatic carbocycles. The van der Waals surface area contributed by atoms with Crippen molar-refractivity contribution in [2.24, 2.45) is 0 Å². The lowest BCUT2D eigenvalue weighted by atomic mass is 9.83. The first-order valence-electron chi connectivity index (χ1n) is 14.5. The van der Waals surface area contributed by atoms with E-state index in [1.54, 1.807) is 0 Å². The van der Waals surface area contributed by atoms with Gasteiger partial charge >= 0.3 is 0 Å². The van der Waals surface area contributed by atoms with Gasteiger partial charge in [-0.2, -0.15) is 0 Å². The Hall–Kier alpha value is -4.68. The average molecular weight is 513 g/mol. The third-order valence-corrected chi connectivity index (χ3v) is 8.23. The van der Waals surface area contributed by atoms with Crippen LogP contribution >= 0.6 is 0 Å². The molecule has 7 aromatic carbocycles. The zero-order valence-electron chi connectivity index (χ0n) is 23.1. The van der Waals surface area contributed by atoms with Gasteiger partial charge in [0.05, 0.1) is 0 Å². The lowest BCUT2D eigenvalue weighted by molar-refractivity contribution is 1.04. The van der Waals surface area contributed by atoms with E-state index >= 15 is 0 Å². The summed E-state index contributed by atoms with van der Waals surface area (Å²) >= 11 is 0. The van der Waals surface area contributed by atoms with Crippen molar-refractivity contribution in [3.05, 3.63) is 139 Å². The molecule has 0 N–H and O–H groups in total. The maximum absolute atomic E-state index is 2.41.